The van der Waals surface area contributed by atoms with Crippen molar-refractivity contribution >= 4 is 17.5 Å². The Labute approximate surface area is 197 Å². The minimum Gasteiger partial charge on any atom is -0.356 e. The number of hydrogen-bond donors (Lipinski definition) is 1. The van der Waals surface area contributed by atoms with Gasteiger partial charge in [0.2, 0.25) is 0 Å². The molecule has 2 aromatic rings. The van der Waals surface area contributed by atoms with E-state index in [0.29, 0.717) is 17.9 Å². The molecule has 178 valence electrons. The number of hydrogen-bond acceptors (Lipinski definition) is 3. The van der Waals surface area contributed by atoms with Gasteiger partial charge >= 0.3 is 6.18 Å². The molecule has 2 aliphatic rings. The van der Waals surface area contributed by atoms with Crippen molar-refractivity contribution in [1.82, 2.24) is 10.2 Å². The molecule has 2 fully saturated rings. The van der Waals surface area contributed by atoms with Crippen LogP contribution in [0, 0.1) is 5.41 Å². The first kappa shape index (κ1) is 24.0. The second-order valence-electron chi connectivity index (χ2n) is 8.93. The molecule has 2 saturated heterocycles. The molecule has 2 aromatic carbocycles. The Kier molecular flexibility index (Phi) is 6.76. The highest BCUT2D eigenvalue weighted by Gasteiger charge is 2.64. The van der Waals surface area contributed by atoms with Crippen LogP contribution in [0.1, 0.15) is 36.3 Å². The number of halogens is 4. The molecule has 0 aromatic heterocycles. The van der Waals surface area contributed by atoms with Gasteiger partial charge in [-0.15, -0.1) is 0 Å². The number of rotatable bonds is 4. The molecule has 1 amide bonds. The molecular weight excluding hydrogens is 453 g/mol. The van der Waals surface area contributed by atoms with Crippen molar-refractivity contribution in [3.63, 3.8) is 0 Å². The molecule has 2 atom stereocenters. The van der Waals surface area contributed by atoms with E-state index in [2.05, 4.69) is 5.32 Å². The molecule has 33 heavy (non-hydrogen) atoms. The summed E-state index contributed by atoms with van der Waals surface area (Å²) < 4.78 is 48.0. The van der Waals surface area contributed by atoms with Gasteiger partial charge in [0.1, 0.15) is 0 Å². The third-order valence-corrected chi connectivity index (χ3v) is 7.75. The van der Waals surface area contributed by atoms with Gasteiger partial charge in [0.25, 0.3) is 11.5 Å². The Morgan fingerprint density at radius 1 is 1.06 bits per heavy atom. The lowest BCUT2D eigenvalue weighted by molar-refractivity contribution is -0.271. The molecule has 0 saturated carbocycles. The van der Waals surface area contributed by atoms with Crippen LogP contribution in [0.4, 0.5) is 13.2 Å². The summed E-state index contributed by atoms with van der Waals surface area (Å²) in [4.78, 5) is 14.7. The number of amides is 1. The maximum absolute atomic E-state index is 14.3. The van der Waals surface area contributed by atoms with Crippen LogP contribution in [-0.2, 0) is 15.1 Å². The topological polar surface area (TPSA) is 41.6 Å². The summed E-state index contributed by atoms with van der Waals surface area (Å²) in [6.45, 7) is 2.08. The number of methoxy groups -OCH3 is 1. The van der Waals surface area contributed by atoms with E-state index in [1.54, 1.807) is 6.07 Å². The summed E-state index contributed by atoms with van der Waals surface area (Å²) in [7, 11) is 0.948. The van der Waals surface area contributed by atoms with E-state index < -0.39 is 17.7 Å². The van der Waals surface area contributed by atoms with Gasteiger partial charge in [-0.2, -0.15) is 13.2 Å². The largest absolute Gasteiger partial charge is 0.430 e. The van der Waals surface area contributed by atoms with Crippen molar-refractivity contribution in [3.8, 4) is 0 Å². The van der Waals surface area contributed by atoms with Gasteiger partial charge in [-0.1, -0.05) is 60.1 Å². The molecule has 2 heterocycles. The lowest BCUT2D eigenvalue weighted by atomic mass is 9.62. The number of alkyl halides is 3. The fourth-order valence-electron chi connectivity index (χ4n) is 5.55. The highest BCUT2D eigenvalue weighted by atomic mass is 35.5. The summed E-state index contributed by atoms with van der Waals surface area (Å²) in [5.74, 6) is -0.914. The van der Waals surface area contributed by atoms with Gasteiger partial charge in [-0.3, -0.25) is 4.79 Å². The molecule has 1 spiro atoms. The molecule has 1 N–H and O–H groups in total. The van der Waals surface area contributed by atoms with Crippen molar-refractivity contribution in [2.75, 3.05) is 33.3 Å². The number of nitrogens with zero attached hydrogens (tertiary/aromatic N) is 1. The van der Waals surface area contributed by atoms with Gasteiger partial charge < -0.3 is 15.0 Å². The van der Waals surface area contributed by atoms with Crippen LogP contribution < -0.4 is 5.32 Å². The van der Waals surface area contributed by atoms with Crippen molar-refractivity contribution in [3.05, 3.63) is 70.7 Å². The second kappa shape index (κ2) is 9.28. The number of carbonyl (C=O) groups is 1. The number of carbonyl (C=O) groups excluding carboxylic acids is 1. The van der Waals surface area contributed by atoms with Crippen molar-refractivity contribution < 1.29 is 22.7 Å². The summed E-state index contributed by atoms with van der Waals surface area (Å²) in [6, 6.07) is 14.9. The predicted molar refractivity (Wildman–Crippen MR) is 121 cm³/mol. The first-order valence-corrected chi connectivity index (χ1v) is 11.5. The summed E-state index contributed by atoms with van der Waals surface area (Å²) in [5, 5.41) is 4.13. The van der Waals surface area contributed by atoms with Crippen LogP contribution in [0.5, 0.6) is 0 Å². The van der Waals surface area contributed by atoms with E-state index >= 15 is 0 Å². The molecule has 0 bridgehead atoms. The number of nitrogens with one attached hydrogen (secondary N) is 1. The number of likely N-dealkylation sites (tertiary alicyclic amines) is 1. The standard InChI is InChI=1S/C25H28ClF3N2O2/c1-33-24(25(27,28)29,18-7-3-2-4-8-18)22(32)31-15-12-23(13-16-31)11-14-30-17-20(23)19-9-5-6-10-21(19)26/h2-10,20,30H,11-17H2,1H3/t20-,24+/m0/s1. The molecule has 0 radical (unpaired) electrons. The Hall–Kier alpha value is -2.09. The average Bonchev–Trinajstić information content (AvgIpc) is 2.81. The van der Waals surface area contributed by atoms with E-state index in [0.717, 1.165) is 32.2 Å². The Morgan fingerprint density at radius 2 is 1.70 bits per heavy atom. The van der Waals surface area contributed by atoms with Gasteiger partial charge in [0.15, 0.2) is 0 Å². The van der Waals surface area contributed by atoms with E-state index in [1.165, 1.54) is 29.2 Å². The normalized spacial score (nSPS) is 22.7. The molecular formula is C25H28ClF3N2O2. The maximum Gasteiger partial charge on any atom is 0.430 e. The van der Waals surface area contributed by atoms with E-state index in [9.17, 15) is 18.0 Å². The highest BCUT2D eigenvalue weighted by Crippen LogP contribution is 2.51. The zero-order valence-corrected chi connectivity index (χ0v) is 19.3. The minimum atomic E-state index is -4.90. The number of ether oxygens (including phenoxy) is 1. The fourth-order valence-corrected chi connectivity index (χ4v) is 5.82. The predicted octanol–water partition coefficient (Wildman–Crippen LogP) is 5.13. The fraction of sp³-hybridized carbons (Fsp3) is 0.480. The van der Waals surface area contributed by atoms with Crippen LogP contribution in [-0.4, -0.2) is 50.3 Å². The molecule has 2 aliphatic heterocycles. The Balaban J connectivity index is 1.61. The lowest BCUT2D eigenvalue weighted by Gasteiger charge is -2.51. The van der Waals surface area contributed by atoms with Crippen molar-refractivity contribution in [2.45, 2.75) is 37.0 Å². The molecule has 0 aliphatic carbocycles. The SMILES string of the molecule is CO[C@@](C(=O)N1CCC2(CCNC[C@H]2c2ccccc2Cl)CC1)(c1ccccc1)C(F)(F)F. The van der Waals surface area contributed by atoms with Crippen LogP contribution in [0.15, 0.2) is 54.6 Å². The van der Waals surface area contributed by atoms with Crippen molar-refractivity contribution in [1.29, 1.82) is 0 Å². The van der Waals surface area contributed by atoms with Crippen LogP contribution >= 0.6 is 11.6 Å². The van der Waals surface area contributed by atoms with Gasteiger partial charge in [-0.25, -0.2) is 0 Å². The second-order valence-corrected chi connectivity index (χ2v) is 9.34. The number of benzene rings is 2. The van der Waals surface area contributed by atoms with E-state index in [-0.39, 0.29) is 30.0 Å². The minimum absolute atomic E-state index is 0.117. The van der Waals surface area contributed by atoms with Crippen LogP contribution in [0.25, 0.3) is 0 Å². The zero-order valence-electron chi connectivity index (χ0n) is 18.5. The third-order valence-electron chi connectivity index (χ3n) is 7.40. The Bertz CT molecular complexity index is 977. The summed E-state index contributed by atoms with van der Waals surface area (Å²) in [5.41, 5.74) is -2.29. The smallest absolute Gasteiger partial charge is 0.356 e. The van der Waals surface area contributed by atoms with Gasteiger partial charge in [0.05, 0.1) is 0 Å². The first-order chi connectivity index (χ1) is 15.7. The number of piperidine rings is 2. The third kappa shape index (κ3) is 4.15. The molecule has 4 rings (SSSR count). The van der Waals surface area contributed by atoms with E-state index in [4.69, 9.17) is 16.3 Å². The molecule has 8 heteroatoms. The van der Waals surface area contributed by atoms with E-state index in [1.807, 2.05) is 24.3 Å². The highest BCUT2D eigenvalue weighted by molar-refractivity contribution is 6.31. The van der Waals surface area contributed by atoms with Gasteiger partial charge in [0, 0.05) is 43.2 Å². The Morgan fingerprint density at radius 3 is 2.30 bits per heavy atom. The van der Waals surface area contributed by atoms with Crippen LogP contribution in [0.3, 0.4) is 0 Å². The van der Waals surface area contributed by atoms with Gasteiger partial charge in [-0.05, 0) is 42.9 Å². The lowest BCUT2D eigenvalue weighted by Crippen LogP contribution is -2.59. The summed E-state index contributed by atoms with van der Waals surface area (Å²) in [6.07, 6.45) is -2.78. The van der Waals surface area contributed by atoms with Crippen molar-refractivity contribution in [2.24, 2.45) is 5.41 Å². The molecule has 0 unspecified atom stereocenters. The van der Waals surface area contributed by atoms with Crippen LogP contribution in [0.2, 0.25) is 5.02 Å². The monoisotopic (exact) mass is 480 g/mol. The molecule has 4 nitrogen and oxygen atoms in total. The quantitative estimate of drug-likeness (QED) is 0.659. The zero-order chi connectivity index (χ0) is 23.7. The maximum atomic E-state index is 14.3. The summed E-state index contributed by atoms with van der Waals surface area (Å²) >= 11 is 6.50. The first-order valence-electron chi connectivity index (χ1n) is 11.2. The average molecular weight is 481 g/mol.